The molecule has 0 aliphatic rings. The molecule has 50 heavy (non-hydrogen) atoms. The van der Waals surface area contributed by atoms with Crippen molar-refractivity contribution in [1.82, 2.24) is 9.13 Å². The highest BCUT2D eigenvalue weighted by Gasteiger charge is 2.20. The van der Waals surface area contributed by atoms with Crippen LogP contribution in [0.5, 0.6) is 0 Å². The molecular formula is C48H32N2. The summed E-state index contributed by atoms with van der Waals surface area (Å²) in [6, 6.07) is 70.4. The van der Waals surface area contributed by atoms with E-state index in [1.54, 1.807) is 0 Å². The summed E-state index contributed by atoms with van der Waals surface area (Å²) in [7, 11) is 0. The minimum atomic E-state index is 1.16. The van der Waals surface area contributed by atoms with Crippen molar-refractivity contribution in [3.63, 3.8) is 0 Å². The minimum absolute atomic E-state index is 1.16. The second-order valence-electron chi connectivity index (χ2n) is 12.9. The maximum absolute atomic E-state index is 2.50. The zero-order chi connectivity index (χ0) is 33.0. The van der Waals surface area contributed by atoms with E-state index in [1.165, 1.54) is 82.7 Å². The number of fused-ring (bicyclic) bond motifs is 6. The van der Waals surface area contributed by atoms with Gasteiger partial charge in [0.05, 0.1) is 27.8 Å². The third-order valence-electron chi connectivity index (χ3n) is 10.1. The Morgan fingerprint density at radius 1 is 0.260 bits per heavy atom. The number of rotatable bonds is 5. The molecule has 0 saturated heterocycles. The summed E-state index contributed by atoms with van der Waals surface area (Å²) in [6.07, 6.45) is 0. The van der Waals surface area contributed by atoms with E-state index in [1.807, 2.05) is 0 Å². The monoisotopic (exact) mass is 636 g/mol. The summed E-state index contributed by atoms with van der Waals surface area (Å²) < 4.78 is 4.89. The summed E-state index contributed by atoms with van der Waals surface area (Å²) in [4.78, 5) is 0. The molecule has 2 aromatic heterocycles. The van der Waals surface area contributed by atoms with E-state index in [0.29, 0.717) is 0 Å². The molecule has 0 bridgehead atoms. The van der Waals surface area contributed by atoms with Gasteiger partial charge in [-0.25, -0.2) is 0 Å². The highest BCUT2D eigenvalue weighted by molar-refractivity contribution is 6.13. The number of nitrogens with zero attached hydrogens (tertiary/aromatic N) is 2. The van der Waals surface area contributed by atoms with E-state index in [-0.39, 0.29) is 0 Å². The molecule has 0 aliphatic carbocycles. The van der Waals surface area contributed by atoms with Crippen molar-refractivity contribution in [3.8, 4) is 44.8 Å². The van der Waals surface area contributed by atoms with Crippen LogP contribution in [0.2, 0.25) is 0 Å². The van der Waals surface area contributed by atoms with Crippen LogP contribution in [-0.2, 0) is 0 Å². The summed E-state index contributed by atoms with van der Waals surface area (Å²) in [6.45, 7) is 0. The van der Waals surface area contributed by atoms with Gasteiger partial charge < -0.3 is 9.13 Å². The van der Waals surface area contributed by atoms with Gasteiger partial charge in [-0.15, -0.1) is 0 Å². The Labute approximate surface area is 290 Å². The predicted octanol–water partition coefficient (Wildman–Crippen LogP) is 12.9. The van der Waals surface area contributed by atoms with Gasteiger partial charge in [-0.1, -0.05) is 158 Å². The van der Waals surface area contributed by atoms with Crippen LogP contribution in [0.25, 0.3) is 88.4 Å². The van der Waals surface area contributed by atoms with Gasteiger partial charge in [-0.05, 0) is 58.7 Å². The molecule has 2 heterocycles. The van der Waals surface area contributed by atoms with E-state index < -0.39 is 0 Å². The zero-order valence-electron chi connectivity index (χ0n) is 27.4. The number of benzene rings is 8. The lowest BCUT2D eigenvalue weighted by Gasteiger charge is -2.19. The first-order valence-corrected chi connectivity index (χ1v) is 17.2. The van der Waals surface area contributed by atoms with Crippen LogP contribution in [0, 0.1) is 0 Å². The normalized spacial score (nSPS) is 11.6. The van der Waals surface area contributed by atoms with Gasteiger partial charge in [0.1, 0.15) is 0 Å². The Bertz CT molecular complexity index is 2780. The molecule has 0 atom stereocenters. The molecule has 0 radical (unpaired) electrons. The molecule has 2 nitrogen and oxygen atoms in total. The standard InChI is InChI=1S/C48H32N2/c1-4-15-33(16-5-1)38-23-14-24-39(34-17-6-2-7-18-34)48(38)50-45-26-13-11-22-41(45)43-30-28-36(32-47(43)50)35-27-29-42-40-21-10-12-25-44(40)49(46(42)31-35)37-19-8-3-9-20-37/h1-32H. The van der Waals surface area contributed by atoms with Gasteiger partial charge in [0.25, 0.3) is 0 Å². The van der Waals surface area contributed by atoms with Gasteiger partial charge >= 0.3 is 0 Å². The maximum Gasteiger partial charge on any atom is 0.0618 e. The van der Waals surface area contributed by atoms with Gasteiger partial charge in [0, 0.05) is 38.4 Å². The first-order chi connectivity index (χ1) is 24.8. The van der Waals surface area contributed by atoms with Crippen molar-refractivity contribution >= 4 is 43.6 Å². The molecule has 0 spiro atoms. The molecule has 0 aliphatic heterocycles. The van der Waals surface area contributed by atoms with Crippen molar-refractivity contribution in [3.05, 3.63) is 194 Å². The molecule has 0 N–H and O–H groups in total. The first kappa shape index (κ1) is 28.4. The van der Waals surface area contributed by atoms with Crippen LogP contribution in [0.4, 0.5) is 0 Å². The molecule has 10 aromatic rings. The molecule has 2 heteroatoms. The van der Waals surface area contributed by atoms with E-state index in [2.05, 4.69) is 203 Å². The number of para-hydroxylation sites is 4. The highest BCUT2D eigenvalue weighted by atomic mass is 15.0. The molecule has 8 aromatic carbocycles. The lowest BCUT2D eigenvalue weighted by molar-refractivity contribution is 1.18. The summed E-state index contributed by atoms with van der Waals surface area (Å²) in [5, 5.41) is 5.01. The van der Waals surface area contributed by atoms with Crippen LogP contribution >= 0.6 is 0 Å². The molecular weight excluding hydrogens is 605 g/mol. The fourth-order valence-electron chi connectivity index (χ4n) is 7.88. The van der Waals surface area contributed by atoms with Gasteiger partial charge in [0.2, 0.25) is 0 Å². The van der Waals surface area contributed by atoms with Crippen molar-refractivity contribution in [2.24, 2.45) is 0 Å². The SMILES string of the molecule is c1ccc(-c2cccc(-c3ccccc3)c2-n2c3ccccc3c3ccc(-c4ccc5c6ccccc6n(-c6ccccc6)c5c4)cc32)cc1. The first-order valence-electron chi connectivity index (χ1n) is 17.2. The molecule has 0 unspecified atom stereocenters. The minimum Gasteiger partial charge on any atom is -0.309 e. The Morgan fingerprint density at radius 2 is 0.680 bits per heavy atom. The predicted molar refractivity (Wildman–Crippen MR) is 211 cm³/mol. The second-order valence-corrected chi connectivity index (χ2v) is 12.9. The summed E-state index contributed by atoms with van der Waals surface area (Å²) >= 11 is 0. The zero-order valence-corrected chi connectivity index (χ0v) is 27.4. The van der Waals surface area contributed by atoms with Crippen LogP contribution in [0.3, 0.4) is 0 Å². The number of hydrogen-bond acceptors (Lipinski definition) is 0. The van der Waals surface area contributed by atoms with Crippen LogP contribution in [0.1, 0.15) is 0 Å². The van der Waals surface area contributed by atoms with Crippen LogP contribution in [0.15, 0.2) is 194 Å². The molecule has 0 amide bonds. The van der Waals surface area contributed by atoms with Crippen molar-refractivity contribution in [2.75, 3.05) is 0 Å². The third kappa shape index (κ3) is 4.43. The Balaban J connectivity index is 1.27. The van der Waals surface area contributed by atoms with E-state index >= 15 is 0 Å². The smallest absolute Gasteiger partial charge is 0.0618 e. The van der Waals surface area contributed by atoms with Crippen LogP contribution in [-0.4, -0.2) is 9.13 Å². The Kier molecular flexibility index (Phi) is 6.53. The largest absolute Gasteiger partial charge is 0.309 e. The van der Waals surface area contributed by atoms with E-state index in [4.69, 9.17) is 0 Å². The highest BCUT2D eigenvalue weighted by Crippen LogP contribution is 2.43. The van der Waals surface area contributed by atoms with Gasteiger partial charge in [-0.2, -0.15) is 0 Å². The Morgan fingerprint density at radius 3 is 1.22 bits per heavy atom. The van der Waals surface area contributed by atoms with E-state index in [9.17, 15) is 0 Å². The third-order valence-corrected chi connectivity index (χ3v) is 10.1. The van der Waals surface area contributed by atoms with Crippen molar-refractivity contribution < 1.29 is 0 Å². The fraction of sp³-hybridized carbons (Fsp3) is 0. The molecule has 0 fully saturated rings. The van der Waals surface area contributed by atoms with Crippen LogP contribution < -0.4 is 0 Å². The summed E-state index contributed by atoms with van der Waals surface area (Å²) in [5.74, 6) is 0. The molecule has 0 saturated carbocycles. The second kappa shape index (κ2) is 11.5. The van der Waals surface area contributed by atoms with E-state index in [0.717, 1.165) is 5.69 Å². The number of hydrogen-bond donors (Lipinski definition) is 0. The fourth-order valence-corrected chi connectivity index (χ4v) is 7.88. The lowest BCUT2D eigenvalue weighted by atomic mass is 9.95. The van der Waals surface area contributed by atoms with Crippen molar-refractivity contribution in [1.29, 1.82) is 0 Å². The Hall–Kier alpha value is -6.64. The molecule has 234 valence electrons. The lowest BCUT2D eigenvalue weighted by Crippen LogP contribution is -2.00. The summed E-state index contributed by atoms with van der Waals surface area (Å²) in [5.41, 5.74) is 14.3. The average molecular weight is 637 g/mol. The maximum atomic E-state index is 2.50. The topological polar surface area (TPSA) is 9.86 Å². The van der Waals surface area contributed by atoms with Gasteiger partial charge in [0.15, 0.2) is 0 Å². The van der Waals surface area contributed by atoms with Gasteiger partial charge in [-0.3, -0.25) is 0 Å². The average Bonchev–Trinajstić information content (AvgIpc) is 3.70. The van der Waals surface area contributed by atoms with Crippen molar-refractivity contribution in [2.45, 2.75) is 0 Å². The molecule has 10 rings (SSSR count). The number of aromatic nitrogens is 2. The quantitative estimate of drug-likeness (QED) is 0.178.